The minimum Gasteiger partial charge on any atom is -0.370 e. The van der Waals surface area contributed by atoms with Gasteiger partial charge in [-0.2, -0.15) is 4.98 Å². The third-order valence-electron chi connectivity index (χ3n) is 2.35. The molecule has 100 valence electrons. The van der Waals surface area contributed by atoms with Crippen molar-refractivity contribution in [1.82, 2.24) is 9.97 Å². The van der Waals surface area contributed by atoms with Crippen molar-refractivity contribution >= 4 is 23.4 Å². The van der Waals surface area contributed by atoms with Crippen molar-refractivity contribution in [2.45, 2.75) is 6.42 Å². The fourth-order valence-corrected chi connectivity index (χ4v) is 1.81. The highest BCUT2D eigenvalue weighted by atomic mass is 35.5. The first-order valence-electron chi connectivity index (χ1n) is 5.52. The van der Waals surface area contributed by atoms with Gasteiger partial charge in [0.1, 0.15) is 22.6 Å². The lowest BCUT2D eigenvalue weighted by molar-refractivity contribution is 0.580. The molecule has 0 aliphatic heterocycles. The van der Waals surface area contributed by atoms with Crippen LogP contribution in [-0.4, -0.2) is 16.5 Å². The fraction of sp³-hybridized carbons (Fsp3) is 0.167. The molecule has 0 saturated heterocycles. The van der Waals surface area contributed by atoms with E-state index in [1.807, 2.05) is 0 Å². The summed E-state index contributed by atoms with van der Waals surface area (Å²) in [5.41, 5.74) is 5.99. The smallest absolute Gasteiger partial charge is 0.223 e. The van der Waals surface area contributed by atoms with Crippen LogP contribution in [0.15, 0.2) is 24.3 Å². The second-order valence-electron chi connectivity index (χ2n) is 3.89. The molecule has 3 N–H and O–H groups in total. The highest BCUT2D eigenvalue weighted by Gasteiger charge is 2.02. The molecule has 1 aromatic heterocycles. The summed E-state index contributed by atoms with van der Waals surface area (Å²) >= 11 is 5.72. The van der Waals surface area contributed by atoms with E-state index >= 15 is 0 Å². The average Bonchev–Trinajstić information content (AvgIpc) is 2.26. The lowest BCUT2D eigenvalue weighted by atomic mass is 10.1. The number of hydrogen-bond acceptors (Lipinski definition) is 4. The molecule has 0 radical (unpaired) electrons. The fourth-order valence-electron chi connectivity index (χ4n) is 1.62. The molecule has 0 unspecified atom stereocenters. The van der Waals surface area contributed by atoms with E-state index in [9.17, 15) is 8.78 Å². The van der Waals surface area contributed by atoms with Gasteiger partial charge in [-0.05, 0) is 24.1 Å². The first kappa shape index (κ1) is 13.5. The molecule has 1 heterocycles. The lowest BCUT2D eigenvalue weighted by Crippen LogP contribution is -2.08. The molecule has 0 spiro atoms. The van der Waals surface area contributed by atoms with Crippen LogP contribution in [0.2, 0.25) is 5.15 Å². The number of aromatic nitrogens is 2. The average molecular weight is 285 g/mol. The number of benzene rings is 1. The Morgan fingerprint density at radius 1 is 1.11 bits per heavy atom. The molecule has 0 amide bonds. The van der Waals surface area contributed by atoms with Crippen molar-refractivity contribution < 1.29 is 8.78 Å². The summed E-state index contributed by atoms with van der Waals surface area (Å²) in [5.74, 6) is -0.658. The Morgan fingerprint density at radius 3 is 2.42 bits per heavy atom. The molecule has 7 heteroatoms. The van der Waals surface area contributed by atoms with Crippen LogP contribution in [0.4, 0.5) is 20.5 Å². The minimum absolute atomic E-state index is 0.0619. The van der Waals surface area contributed by atoms with Gasteiger partial charge in [0.25, 0.3) is 0 Å². The predicted octanol–water partition coefficient (Wildman–Crippen LogP) is 2.65. The van der Waals surface area contributed by atoms with Crippen LogP contribution in [-0.2, 0) is 6.42 Å². The molecule has 1 aromatic carbocycles. The SMILES string of the molecule is Nc1nc(Cl)cc(NCCc2cc(F)cc(F)c2)n1. The third-order valence-corrected chi connectivity index (χ3v) is 2.55. The van der Waals surface area contributed by atoms with Gasteiger partial charge in [-0.25, -0.2) is 13.8 Å². The van der Waals surface area contributed by atoms with Crippen molar-refractivity contribution in [1.29, 1.82) is 0 Å². The summed E-state index contributed by atoms with van der Waals surface area (Å²) in [7, 11) is 0. The normalized spacial score (nSPS) is 10.5. The maximum absolute atomic E-state index is 13.0. The van der Waals surface area contributed by atoms with Crippen LogP contribution in [0.5, 0.6) is 0 Å². The standard InChI is InChI=1S/C12H11ClF2N4/c13-10-6-11(19-12(16)18-10)17-2-1-7-3-8(14)5-9(15)4-7/h3-6H,1-2H2,(H3,16,17,18,19). The number of nitrogens with two attached hydrogens (primary N) is 1. The van der Waals surface area contributed by atoms with Gasteiger partial charge < -0.3 is 11.1 Å². The van der Waals surface area contributed by atoms with Crippen molar-refractivity contribution in [2.24, 2.45) is 0 Å². The van der Waals surface area contributed by atoms with Gasteiger partial charge in [-0.3, -0.25) is 0 Å². The van der Waals surface area contributed by atoms with Crippen molar-refractivity contribution in [3.63, 3.8) is 0 Å². The Balaban J connectivity index is 1.96. The van der Waals surface area contributed by atoms with Crippen molar-refractivity contribution in [2.75, 3.05) is 17.6 Å². The Bertz CT molecular complexity index is 500. The Morgan fingerprint density at radius 2 is 1.79 bits per heavy atom. The number of nitrogens with one attached hydrogen (secondary N) is 1. The van der Waals surface area contributed by atoms with Crippen molar-refractivity contribution in [3.8, 4) is 0 Å². The summed E-state index contributed by atoms with van der Waals surface area (Å²) in [6, 6.07) is 4.92. The van der Waals surface area contributed by atoms with Crippen LogP contribution in [0.1, 0.15) is 5.56 Å². The van der Waals surface area contributed by atoms with E-state index in [0.29, 0.717) is 24.3 Å². The summed E-state index contributed by atoms with van der Waals surface area (Å²) in [6.45, 7) is 0.440. The minimum atomic E-state index is -0.593. The molecular formula is C12H11ClF2N4. The predicted molar refractivity (Wildman–Crippen MR) is 70.0 cm³/mol. The third kappa shape index (κ3) is 4.03. The van der Waals surface area contributed by atoms with Crippen LogP contribution in [0.25, 0.3) is 0 Å². The van der Waals surface area contributed by atoms with Gasteiger partial charge in [0, 0.05) is 18.7 Å². The summed E-state index contributed by atoms with van der Waals surface area (Å²) < 4.78 is 25.9. The van der Waals surface area contributed by atoms with Crippen LogP contribution >= 0.6 is 11.6 Å². The highest BCUT2D eigenvalue weighted by molar-refractivity contribution is 6.29. The molecule has 2 aromatic rings. The number of anilines is 2. The molecular weight excluding hydrogens is 274 g/mol. The monoisotopic (exact) mass is 284 g/mol. The van der Waals surface area contributed by atoms with Gasteiger partial charge in [-0.15, -0.1) is 0 Å². The summed E-state index contributed by atoms with van der Waals surface area (Å²) in [6.07, 6.45) is 0.441. The van der Waals surface area contributed by atoms with E-state index in [0.717, 1.165) is 6.07 Å². The van der Waals surface area contributed by atoms with E-state index in [-0.39, 0.29) is 11.1 Å². The van der Waals surface area contributed by atoms with E-state index in [4.69, 9.17) is 17.3 Å². The maximum Gasteiger partial charge on any atom is 0.223 e. The van der Waals surface area contributed by atoms with Gasteiger partial charge >= 0.3 is 0 Å². The molecule has 0 aliphatic rings. The molecule has 0 bridgehead atoms. The summed E-state index contributed by atoms with van der Waals surface area (Å²) in [4.78, 5) is 7.64. The molecule has 0 fully saturated rings. The van der Waals surface area contributed by atoms with E-state index < -0.39 is 11.6 Å². The second kappa shape index (κ2) is 5.79. The number of nitrogen functional groups attached to an aromatic ring is 1. The Labute approximate surface area is 113 Å². The van der Waals surface area contributed by atoms with E-state index in [1.165, 1.54) is 18.2 Å². The maximum atomic E-state index is 13.0. The molecule has 2 rings (SSSR count). The van der Waals surface area contributed by atoms with Gasteiger partial charge in [-0.1, -0.05) is 11.6 Å². The molecule has 0 aliphatic carbocycles. The number of halogens is 3. The number of nitrogens with zero attached hydrogens (tertiary/aromatic N) is 2. The Hall–Kier alpha value is -1.95. The number of hydrogen-bond donors (Lipinski definition) is 2. The van der Waals surface area contributed by atoms with E-state index in [2.05, 4.69) is 15.3 Å². The van der Waals surface area contributed by atoms with Crippen LogP contribution in [0, 0.1) is 11.6 Å². The molecule has 19 heavy (non-hydrogen) atoms. The van der Waals surface area contributed by atoms with E-state index in [1.54, 1.807) is 0 Å². The van der Waals surface area contributed by atoms with Gasteiger partial charge in [0.15, 0.2) is 0 Å². The van der Waals surface area contributed by atoms with Crippen LogP contribution < -0.4 is 11.1 Å². The van der Waals surface area contributed by atoms with Crippen LogP contribution in [0.3, 0.4) is 0 Å². The largest absolute Gasteiger partial charge is 0.370 e. The van der Waals surface area contributed by atoms with Gasteiger partial charge in [0.05, 0.1) is 0 Å². The van der Waals surface area contributed by atoms with Crippen molar-refractivity contribution in [3.05, 3.63) is 46.6 Å². The first-order valence-corrected chi connectivity index (χ1v) is 5.89. The quantitative estimate of drug-likeness (QED) is 0.847. The second-order valence-corrected chi connectivity index (χ2v) is 4.28. The first-order chi connectivity index (χ1) is 9.02. The molecule has 0 atom stereocenters. The zero-order valence-corrected chi connectivity index (χ0v) is 10.6. The highest BCUT2D eigenvalue weighted by Crippen LogP contribution is 2.13. The molecule has 4 nitrogen and oxygen atoms in total. The zero-order chi connectivity index (χ0) is 13.8. The lowest BCUT2D eigenvalue weighted by Gasteiger charge is -2.06. The Kier molecular flexibility index (Phi) is 4.11. The van der Waals surface area contributed by atoms with Gasteiger partial charge in [0.2, 0.25) is 5.95 Å². The number of rotatable bonds is 4. The topological polar surface area (TPSA) is 63.8 Å². The molecule has 0 saturated carbocycles. The zero-order valence-electron chi connectivity index (χ0n) is 9.83. The summed E-state index contributed by atoms with van der Waals surface area (Å²) in [5, 5.41) is 3.18.